The van der Waals surface area contributed by atoms with Gasteiger partial charge in [0.25, 0.3) is 0 Å². The number of halogens is 3. The summed E-state index contributed by atoms with van der Waals surface area (Å²) in [4.78, 5) is 6.41. The quantitative estimate of drug-likeness (QED) is 0.397. The minimum absolute atomic E-state index is 0.0967. The molecular formula is C26H28F3N3O4S2. The topological polar surface area (TPSA) is 83.0 Å². The normalized spacial score (nSPS) is 18.8. The summed E-state index contributed by atoms with van der Waals surface area (Å²) in [6.07, 6.45) is -1.51. The molecule has 1 aliphatic rings. The molecule has 0 bridgehead atoms. The first-order chi connectivity index (χ1) is 17.9. The van der Waals surface area contributed by atoms with Crippen molar-refractivity contribution in [3.63, 3.8) is 0 Å². The van der Waals surface area contributed by atoms with Crippen LogP contribution in [-0.4, -0.2) is 61.3 Å². The zero-order valence-corrected chi connectivity index (χ0v) is 22.3. The number of thiol groups is 1. The van der Waals surface area contributed by atoms with Crippen molar-refractivity contribution >= 4 is 28.3 Å². The van der Waals surface area contributed by atoms with Gasteiger partial charge in [0.2, 0.25) is 10.0 Å². The van der Waals surface area contributed by atoms with Gasteiger partial charge in [-0.3, -0.25) is 4.98 Å². The lowest BCUT2D eigenvalue weighted by Gasteiger charge is -2.42. The van der Waals surface area contributed by atoms with Crippen LogP contribution in [0.1, 0.15) is 18.1 Å². The number of hydrogen-bond donors (Lipinski definition) is 2. The Morgan fingerprint density at radius 2 is 1.79 bits per heavy atom. The van der Waals surface area contributed by atoms with Gasteiger partial charge < -0.3 is 14.7 Å². The molecule has 0 radical (unpaired) electrons. The second kappa shape index (κ2) is 11.2. The van der Waals surface area contributed by atoms with E-state index in [1.807, 2.05) is 11.0 Å². The van der Waals surface area contributed by atoms with Crippen LogP contribution >= 0.6 is 12.6 Å². The molecule has 3 aromatic rings. The van der Waals surface area contributed by atoms with Crippen LogP contribution in [0.3, 0.4) is 0 Å². The third-order valence-corrected chi connectivity index (χ3v) is 9.01. The molecule has 204 valence electrons. The van der Waals surface area contributed by atoms with Gasteiger partial charge in [-0.2, -0.15) is 17.5 Å². The minimum Gasteiger partial charge on any atom is -0.376 e. The fourth-order valence-corrected chi connectivity index (χ4v) is 6.34. The van der Waals surface area contributed by atoms with Gasteiger partial charge in [0.15, 0.2) is 5.60 Å². The standard InChI is InChI=1S/C26H28F3N3O4S2/c1-25(33,26(27,28)29)20-8-10-21(11-9-20)32-14-13-31(38(34,35)24-7-3-2-6-23(24)37)16-22(32)18-36-17-19-5-4-12-30-15-19/h2-12,15,22,33,37H,13-14,16-18H2,1H3/t22-,25+/m0/s1. The van der Waals surface area contributed by atoms with E-state index in [1.54, 1.807) is 36.7 Å². The summed E-state index contributed by atoms with van der Waals surface area (Å²) in [6, 6.07) is 15.1. The Hall–Kier alpha value is -2.64. The number of rotatable bonds is 8. The number of anilines is 1. The summed E-state index contributed by atoms with van der Waals surface area (Å²) in [5, 5.41) is 10.0. The number of aromatic nitrogens is 1. The summed E-state index contributed by atoms with van der Waals surface area (Å²) >= 11 is 4.31. The lowest BCUT2D eigenvalue weighted by atomic mass is 9.95. The van der Waals surface area contributed by atoms with Crippen molar-refractivity contribution in [2.45, 2.75) is 41.1 Å². The second-order valence-corrected chi connectivity index (χ2v) is 11.6. The summed E-state index contributed by atoms with van der Waals surface area (Å²) < 4.78 is 74.0. The number of sulfonamides is 1. The minimum atomic E-state index is -4.83. The Morgan fingerprint density at radius 3 is 2.42 bits per heavy atom. The highest BCUT2D eigenvalue weighted by atomic mass is 32.2. The zero-order valence-electron chi connectivity index (χ0n) is 20.5. The number of aliphatic hydroxyl groups is 1. The van der Waals surface area contributed by atoms with Gasteiger partial charge in [-0.25, -0.2) is 8.42 Å². The van der Waals surface area contributed by atoms with Crippen molar-refractivity contribution in [3.05, 3.63) is 84.2 Å². The number of alkyl halides is 3. The average molecular weight is 568 g/mol. The first-order valence-electron chi connectivity index (χ1n) is 11.8. The van der Waals surface area contributed by atoms with Crippen LogP contribution in [-0.2, 0) is 27.0 Å². The molecule has 0 unspecified atom stereocenters. The van der Waals surface area contributed by atoms with Crippen LogP contribution in [0.5, 0.6) is 0 Å². The van der Waals surface area contributed by atoms with Crippen LogP contribution in [0.2, 0.25) is 0 Å². The van der Waals surface area contributed by atoms with E-state index < -0.39 is 27.8 Å². The van der Waals surface area contributed by atoms with Crippen LogP contribution in [0, 0.1) is 0 Å². The van der Waals surface area contributed by atoms with Crippen molar-refractivity contribution in [2.75, 3.05) is 31.1 Å². The SMILES string of the molecule is C[C@@](O)(c1ccc(N2CCN(S(=O)(=O)c3ccccc3S)C[C@H]2COCc2cccnc2)cc1)C(F)(F)F. The first kappa shape index (κ1) is 28.4. The molecule has 0 amide bonds. The van der Waals surface area contributed by atoms with Crippen molar-refractivity contribution in [1.29, 1.82) is 0 Å². The number of nitrogens with zero attached hydrogens (tertiary/aromatic N) is 3. The Kier molecular flexibility index (Phi) is 8.38. The Labute approximate surface area is 225 Å². The maximum Gasteiger partial charge on any atom is 0.421 e. The second-order valence-electron chi connectivity index (χ2n) is 9.17. The Bertz CT molecular complexity index is 1340. The third kappa shape index (κ3) is 5.99. The number of benzene rings is 2. The predicted molar refractivity (Wildman–Crippen MR) is 140 cm³/mol. The fraction of sp³-hybridized carbons (Fsp3) is 0.346. The summed E-state index contributed by atoms with van der Waals surface area (Å²) in [5.41, 5.74) is -1.84. The number of ether oxygens (including phenoxy) is 1. The Balaban J connectivity index is 1.58. The zero-order chi connectivity index (χ0) is 27.6. The molecule has 1 fully saturated rings. The first-order valence-corrected chi connectivity index (χ1v) is 13.7. The smallest absolute Gasteiger partial charge is 0.376 e. The van der Waals surface area contributed by atoms with Crippen LogP contribution < -0.4 is 4.90 Å². The highest BCUT2D eigenvalue weighted by Crippen LogP contribution is 2.39. The molecule has 0 aliphatic carbocycles. The third-order valence-electron chi connectivity index (χ3n) is 6.54. The van der Waals surface area contributed by atoms with E-state index in [0.29, 0.717) is 17.5 Å². The molecule has 1 N–H and O–H groups in total. The van der Waals surface area contributed by atoms with Gasteiger partial charge in [0, 0.05) is 42.6 Å². The molecule has 7 nitrogen and oxygen atoms in total. The van der Waals surface area contributed by atoms with E-state index >= 15 is 0 Å². The molecule has 1 aliphatic heterocycles. The largest absolute Gasteiger partial charge is 0.421 e. The molecule has 2 aromatic carbocycles. The van der Waals surface area contributed by atoms with Crippen LogP contribution in [0.4, 0.5) is 18.9 Å². The molecule has 1 aromatic heterocycles. The van der Waals surface area contributed by atoms with Gasteiger partial charge in [0.05, 0.1) is 24.2 Å². The average Bonchev–Trinajstić information content (AvgIpc) is 2.89. The van der Waals surface area contributed by atoms with Crippen molar-refractivity contribution in [1.82, 2.24) is 9.29 Å². The monoisotopic (exact) mass is 567 g/mol. The van der Waals surface area contributed by atoms with E-state index in [4.69, 9.17) is 4.74 Å². The van der Waals surface area contributed by atoms with Gasteiger partial charge in [-0.05, 0) is 48.4 Å². The molecule has 38 heavy (non-hydrogen) atoms. The highest BCUT2D eigenvalue weighted by Gasteiger charge is 2.51. The van der Waals surface area contributed by atoms with E-state index in [9.17, 15) is 26.7 Å². The molecule has 2 heterocycles. The van der Waals surface area contributed by atoms with Gasteiger partial charge >= 0.3 is 6.18 Å². The predicted octanol–water partition coefficient (Wildman–Crippen LogP) is 4.24. The molecule has 0 saturated carbocycles. The van der Waals surface area contributed by atoms with Crippen molar-refractivity contribution in [3.8, 4) is 0 Å². The highest BCUT2D eigenvalue weighted by molar-refractivity contribution is 7.90. The van der Waals surface area contributed by atoms with Crippen LogP contribution in [0.15, 0.2) is 82.8 Å². The molecule has 4 rings (SSSR count). The Morgan fingerprint density at radius 1 is 1.08 bits per heavy atom. The molecule has 2 atom stereocenters. The van der Waals surface area contributed by atoms with Gasteiger partial charge in [-0.15, -0.1) is 12.6 Å². The maximum absolute atomic E-state index is 13.4. The summed E-state index contributed by atoms with van der Waals surface area (Å²) in [5.74, 6) is 0. The number of pyridine rings is 1. The van der Waals surface area contributed by atoms with Crippen molar-refractivity contribution < 1.29 is 31.4 Å². The van der Waals surface area contributed by atoms with E-state index in [-0.39, 0.29) is 43.3 Å². The van der Waals surface area contributed by atoms with E-state index in [1.165, 1.54) is 34.6 Å². The van der Waals surface area contributed by atoms with Crippen LogP contribution in [0.25, 0.3) is 0 Å². The summed E-state index contributed by atoms with van der Waals surface area (Å²) in [6.45, 7) is 1.66. The molecule has 1 saturated heterocycles. The maximum atomic E-state index is 13.4. The van der Waals surface area contributed by atoms with E-state index in [0.717, 1.165) is 5.56 Å². The lowest BCUT2D eigenvalue weighted by molar-refractivity contribution is -0.258. The van der Waals surface area contributed by atoms with Gasteiger partial charge in [0.1, 0.15) is 0 Å². The number of hydrogen-bond acceptors (Lipinski definition) is 7. The van der Waals surface area contributed by atoms with Crippen molar-refractivity contribution in [2.24, 2.45) is 0 Å². The van der Waals surface area contributed by atoms with E-state index in [2.05, 4.69) is 17.6 Å². The molecule has 12 heteroatoms. The fourth-order valence-electron chi connectivity index (χ4n) is 4.28. The number of piperazine rings is 1. The lowest BCUT2D eigenvalue weighted by Crippen LogP contribution is -2.56. The molecule has 0 spiro atoms. The molecular weight excluding hydrogens is 539 g/mol. The summed E-state index contributed by atoms with van der Waals surface area (Å²) in [7, 11) is -3.84. The van der Waals surface area contributed by atoms with Gasteiger partial charge in [-0.1, -0.05) is 30.3 Å².